The molecule has 0 saturated carbocycles. The highest BCUT2D eigenvalue weighted by Gasteiger charge is 2.21. The van der Waals surface area contributed by atoms with Gasteiger partial charge in [-0.2, -0.15) is 0 Å². The second-order valence-electron chi connectivity index (χ2n) is 7.20. The smallest absolute Gasteiger partial charge is 0.261 e. The summed E-state index contributed by atoms with van der Waals surface area (Å²) in [7, 11) is 1.61. The van der Waals surface area contributed by atoms with E-state index >= 15 is 0 Å². The normalized spacial score (nSPS) is 12.9. The number of hydrogen-bond donors (Lipinski definition) is 1. The monoisotopic (exact) mass is 435 g/mol. The van der Waals surface area contributed by atoms with Crippen LogP contribution in [0.1, 0.15) is 25.7 Å². The van der Waals surface area contributed by atoms with Crippen LogP contribution in [0.2, 0.25) is 0 Å². The van der Waals surface area contributed by atoms with Gasteiger partial charge in [-0.05, 0) is 50.2 Å². The van der Waals surface area contributed by atoms with Gasteiger partial charge in [-0.15, -0.1) is 5.10 Å². The number of fused-ring (bicyclic) bond motifs is 1. The number of halogens is 1. The van der Waals surface area contributed by atoms with Crippen LogP contribution in [0.15, 0.2) is 60.9 Å². The van der Waals surface area contributed by atoms with E-state index in [9.17, 15) is 9.18 Å². The molecule has 32 heavy (non-hydrogen) atoms. The van der Waals surface area contributed by atoms with Crippen molar-refractivity contribution in [1.82, 2.24) is 24.9 Å². The average molecular weight is 435 g/mol. The fourth-order valence-electron chi connectivity index (χ4n) is 3.10. The first-order valence-corrected chi connectivity index (χ1v) is 10.0. The first-order valence-electron chi connectivity index (χ1n) is 10.0. The van der Waals surface area contributed by atoms with E-state index in [0.29, 0.717) is 11.5 Å². The van der Waals surface area contributed by atoms with E-state index in [0.717, 1.165) is 17.0 Å². The first kappa shape index (κ1) is 21.2. The van der Waals surface area contributed by atoms with Crippen LogP contribution in [0.5, 0.6) is 11.5 Å². The van der Waals surface area contributed by atoms with Gasteiger partial charge in [0.05, 0.1) is 18.8 Å². The van der Waals surface area contributed by atoms with Gasteiger partial charge in [-0.1, -0.05) is 12.1 Å². The van der Waals surface area contributed by atoms with E-state index < -0.39 is 23.9 Å². The molecule has 0 aliphatic rings. The van der Waals surface area contributed by atoms with Gasteiger partial charge in [-0.3, -0.25) is 4.79 Å². The Morgan fingerprint density at radius 3 is 2.59 bits per heavy atom. The second kappa shape index (κ2) is 9.01. The number of aromatic nitrogens is 4. The van der Waals surface area contributed by atoms with Crippen LogP contribution >= 0.6 is 0 Å². The van der Waals surface area contributed by atoms with Crippen molar-refractivity contribution in [2.45, 2.75) is 26.0 Å². The van der Waals surface area contributed by atoms with Crippen LogP contribution < -0.4 is 14.8 Å². The third kappa shape index (κ3) is 4.51. The minimum absolute atomic E-state index is 0.0193. The Morgan fingerprint density at radius 2 is 1.88 bits per heavy atom. The van der Waals surface area contributed by atoms with Crippen molar-refractivity contribution in [1.29, 1.82) is 0 Å². The highest BCUT2D eigenvalue weighted by atomic mass is 19.1. The van der Waals surface area contributed by atoms with Crippen LogP contribution in [0.4, 0.5) is 4.39 Å². The van der Waals surface area contributed by atoms with Gasteiger partial charge in [0, 0.05) is 11.6 Å². The Bertz CT molecular complexity index is 1240. The predicted molar refractivity (Wildman–Crippen MR) is 116 cm³/mol. The number of carbonyl (C=O) groups is 1. The lowest BCUT2D eigenvalue weighted by molar-refractivity contribution is -0.128. The summed E-state index contributed by atoms with van der Waals surface area (Å²) < 4.78 is 25.9. The lowest BCUT2D eigenvalue weighted by Crippen LogP contribution is -2.38. The molecule has 8 nitrogen and oxygen atoms in total. The predicted octanol–water partition coefficient (Wildman–Crippen LogP) is 3.58. The van der Waals surface area contributed by atoms with E-state index in [1.165, 1.54) is 12.1 Å². The molecular weight excluding hydrogens is 413 g/mol. The zero-order chi connectivity index (χ0) is 22.7. The van der Waals surface area contributed by atoms with Crippen molar-refractivity contribution in [2.75, 3.05) is 7.11 Å². The number of hydrogen-bond acceptors (Lipinski definition) is 6. The molecule has 2 aromatic heterocycles. The molecule has 0 radical (unpaired) electrons. The van der Waals surface area contributed by atoms with Gasteiger partial charge in [-0.25, -0.2) is 18.9 Å². The maximum Gasteiger partial charge on any atom is 0.261 e. The summed E-state index contributed by atoms with van der Waals surface area (Å²) in [5, 5.41) is 7.19. The molecule has 0 fully saturated rings. The number of benzene rings is 2. The number of nitrogens with zero attached hydrogens (tertiary/aromatic N) is 4. The second-order valence-corrected chi connectivity index (χ2v) is 7.20. The maximum atomic E-state index is 13.8. The van der Waals surface area contributed by atoms with Gasteiger partial charge in [0.15, 0.2) is 29.1 Å². The molecule has 0 saturated heterocycles. The molecule has 0 bridgehead atoms. The Hall–Kier alpha value is -4.01. The standard InChI is InChI=1S/C23H22FN5O3/c1-14(26-23(30)15(2)32-20-7-5-4-6-18(20)24)22-27-21-12-19(25-13-29(21)28-22)16-8-10-17(31-3)11-9-16/h4-15H,1-3H3,(H,26,30)/t14-,15+/m1/s1. The summed E-state index contributed by atoms with van der Waals surface area (Å²) in [6.45, 7) is 3.32. The maximum absolute atomic E-state index is 13.8. The van der Waals surface area contributed by atoms with Gasteiger partial charge in [0.1, 0.15) is 12.1 Å². The minimum Gasteiger partial charge on any atom is -0.497 e. The van der Waals surface area contributed by atoms with E-state index in [4.69, 9.17) is 9.47 Å². The zero-order valence-corrected chi connectivity index (χ0v) is 17.8. The fraction of sp³-hybridized carbons (Fsp3) is 0.217. The number of ether oxygens (including phenoxy) is 2. The molecule has 1 amide bonds. The van der Waals surface area contributed by atoms with E-state index in [1.807, 2.05) is 30.3 Å². The average Bonchev–Trinajstić information content (AvgIpc) is 3.24. The van der Waals surface area contributed by atoms with Crippen molar-refractivity contribution >= 4 is 11.6 Å². The Labute approximate surface area is 184 Å². The number of methoxy groups -OCH3 is 1. The van der Waals surface area contributed by atoms with Crippen molar-refractivity contribution in [3.05, 3.63) is 72.6 Å². The summed E-state index contributed by atoms with van der Waals surface area (Å²) >= 11 is 0. The topological polar surface area (TPSA) is 90.6 Å². The zero-order valence-electron chi connectivity index (χ0n) is 17.8. The highest BCUT2D eigenvalue weighted by molar-refractivity contribution is 5.81. The lowest BCUT2D eigenvalue weighted by Gasteiger charge is -2.17. The van der Waals surface area contributed by atoms with Crippen molar-refractivity contribution < 1.29 is 18.7 Å². The van der Waals surface area contributed by atoms with Crippen LogP contribution in [-0.4, -0.2) is 38.7 Å². The largest absolute Gasteiger partial charge is 0.497 e. The third-order valence-electron chi connectivity index (χ3n) is 4.89. The molecule has 164 valence electrons. The van der Waals surface area contributed by atoms with Gasteiger partial charge in [0.25, 0.3) is 5.91 Å². The molecule has 0 aliphatic heterocycles. The summed E-state index contributed by atoms with van der Waals surface area (Å²) in [4.78, 5) is 21.4. The molecule has 9 heteroatoms. The van der Waals surface area contributed by atoms with Crippen LogP contribution in [0, 0.1) is 5.82 Å². The molecule has 1 N–H and O–H groups in total. The van der Waals surface area contributed by atoms with E-state index in [1.54, 1.807) is 43.9 Å². The number of nitrogens with one attached hydrogen (secondary N) is 1. The molecule has 2 aromatic carbocycles. The summed E-state index contributed by atoms with van der Waals surface area (Å²) in [6, 6.07) is 14.8. The number of amides is 1. The van der Waals surface area contributed by atoms with Gasteiger partial charge >= 0.3 is 0 Å². The number of rotatable bonds is 7. The Kier molecular flexibility index (Phi) is 5.98. The molecule has 2 heterocycles. The Balaban J connectivity index is 1.46. The number of para-hydroxylation sites is 1. The van der Waals surface area contributed by atoms with Crippen molar-refractivity contribution in [3.8, 4) is 22.8 Å². The minimum atomic E-state index is -0.894. The van der Waals surface area contributed by atoms with E-state index in [-0.39, 0.29) is 5.75 Å². The summed E-state index contributed by atoms with van der Waals surface area (Å²) in [5.74, 6) is 0.271. The van der Waals surface area contributed by atoms with Gasteiger partial charge < -0.3 is 14.8 Å². The highest BCUT2D eigenvalue weighted by Crippen LogP contribution is 2.22. The fourth-order valence-corrected chi connectivity index (χ4v) is 3.10. The molecule has 4 aromatic rings. The summed E-state index contributed by atoms with van der Waals surface area (Å²) in [5.41, 5.74) is 2.25. The molecule has 0 aliphatic carbocycles. The first-order chi connectivity index (χ1) is 15.4. The van der Waals surface area contributed by atoms with E-state index in [2.05, 4.69) is 20.4 Å². The summed E-state index contributed by atoms with van der Waals surface area (Å²) in [6.07, 6.45) is 0.679. The molecular formula is C23H22FN5O3. The SMILES string of the molecule is COc1ccc(-c2cc3nc([C@@H](C)NC(=O)[C@H](C)Oc4ccccc4F)nn3cn2)cc1. The Morgan fingerprint density at radius 1 is 1.12 bits per heavy atom. The molecule has 0 spiro atoms. The van der Waals surface area contributed by atoms with Gasteiger partial charge in [0.2, 0.25) is 0 Å². The molecule has 0 unspecified atom stereocenters. The third-order valence-corrected chi connectivity index (χ3v) is 4.89. The molecule has 2 atom stereocenters. The quantitative estimate of drug-likeness (QED) is 0.477. The lowest BCUT2D eigenvalue weighted by atomic mass is 10.1. The van der Waals surface area contributed by atoms with Crippen LogP contribution in [0.3, 0.4) is 0 Å². The van der Waals surface area contributed by atoms with Crippen molar-refractivity contribution in [2.24, 2.45) is 0 Å². The molecule has 4 rings (SSSR count). The van der Waals surface area contributed by atoms with Crippen LogP contribution in [-0.2, 0) is 4.79 Å². The van der Waals surface area contributed by atoms with Crippen LogP contribution in [0.25, 0.3) is 16.9 Å². The van der Waals surface area contributed by atoms with Crippen molar-refractivity contribution in [3.63, 3.8) is 0 Å². The number of carbonyl (C=O) groups excluding carboxylic acids is 1.